The molecule has 2 fully saturated rings. The predicted molar refractivity (Wildman–Crippen MR) is 49.8 cm³/mol. The van der Waals surface area contributed by atoms with Gasteiger partial charge in [-0.15, -0.1) is 0 Å². The fourth-order valence-corrected chi connectivity index (χ4v) is 1.87. The first-order valence-corrected chi connectivity index (χ1v) is 5.08. The number of carbonyl (C=O) groups is 1. The summed E-state index contributed by atoms with van der Waals surface area (Å²) in [6.45, 7) is 2.16. The lowest BCUT2D eigenvalue weighted by molar-refractivity contribution is -0.150. The van der Waals surface area contributed by atoms with Crippen molar-refractivity contribution in [1.29, 1.82) is 0 Å². The summed E-state index contributed by atoms with van der Waals surface area (Å²) in [5, 5.41) is 15.3. The number of β-amino-alcohol motifs (C(OH)–C–C–N with tert-alkyl or cyclic N) is 1. The second-order valence-electron chi connectivity index (χ2n) is 3.90. The molecule has 80 valence electrons. The van der Waals surface area contributed by atoms with Gasteiger partial charge in [-0.1, -0.05) is 0 Å². The van der Waals surface area contributed by atoms with Crippen LogP contribution in [0, 0.1) is 0 Å². The van der Waals surface area contributed by atoms with Crippen molar-refractivity contribution in [3.63, 3.8) is 0 Å². The third-order valence-corrected chi connectivity index (χ3v) is 2.69. The predicted octanol–water partition coefficient (Wildman–Crippen LogP) is -1.39. The number of hydrogen-bond acceptors (Lipinski definition) is 5. The van der Waals surface area contributed by atoms with Crippen LogP contribution in [0.5, 0.6) is 0 Å². The molecule has 2 heterocycles. The zero-order valence-electron chi connectivity index (χ0n) is 8.03. The van der Waals surface area contributed by atoms with Gasteiger partial charge in [-0.3, -0.25) is 4.79 Å². The highest BCUT2D eigenvalue weighted by atomic mass is 16.5. The molecule has 5 heteroatoms. The van der Waals surface area contributed by atoms with E-state index in [9.17, 15) is 9.90 Å². The van der Waals surface area contributed by atoms with Crippen molar-refractivity contribution in [3.05, 3.63) is 0 Å². The second kappa shape index (κ2) is 4.25. The van der Waals surface area contributed by atoms with Crippen LogP contribution in [0.4, 0.5) is 0 Å². The molecule has 0 aliphatic carbocycles. The molecule has 0 saturated carbocycles. The van der Waals surface area contributed by atoms with Gasteiger partial charge in [0.05, 0.1) is 6.10 Å². The molecule has 0 spiro atoms. The van der Waals surface area contributed by atoms with Crippen LogP contribution in [0.15, 0.2) is 0 Å². The molecule has 14 heavy (non-hydrogen) atoms. The molecule has 0 bridgehead atoms. The van der Waals surface area contributed by atoms with Gasteiger partial charge >= 0.3 is 5.97 Å². The van der Waals surface area contributed by atoms with Crippen molar-refractivity contribution in [1.82, 2.24) is 10.6 Å². The minimum Gasteiger partial charge on any atom is -0.460 e. The lowest BCUT2D eigenvalue weighted by atomic mass is 10.2. The number of aliphatic hydroxyl groups excluding tert-OH is 1. The summed E-state index contributed by atoms with van der Waals surface area (Å²) < 4.78 is 5.27. The molecule has 0 amide bonds. The maximum Gasteiger partial charge on any atom is 0.323 e. The van der Waals surface area contributed by atoms with Crippen molar-refractivity contribution in [2.45, 2.75) is 31.1 Å². The first-order valence-electron chi connectivity index (χ1n) is 5.08. The first-order chi connectivity index (χ1) is 6.75. The van der Waals surface area contributed by atoms with Gasteiger partial charge in [0.25, 0.3) is 0 Å². The summed E-state index contributed by atoms with van der Waals surface area (Å²) in [6.07, 6.45) is 0.969. The van der Waals surface area contributed by atoms with Crippen LogP contribution in [0.2, 0.25) is 0 Å². The number of aliphatic hydroxyl groups is 1. The number of hydrogen-bond donors (Lipinski definition) is 3. The van der Waals surface area contributed by atoms with E-state index in [1.165, 1.54) is 0 Å². The lowest BCUT2D eigenvalue weighted by Crippen LogP contribution is -2.35. The summed E-state index contributed by atoms with van der Waals surface area (Å²) in [7, 11) is 0. The van der Waals surface area contributed by atoms with Crippen LogP contribution in [0.1, 0.15) is 12.8 Å². The van der Waals surface area contributed by atoms with Crippen LogP contribution in [0.3, 0.4) is 0 Å². The topological polar surface area (TPSA) is 70.6 Å². The number of carbonyl (C=O) groups excluding carboxylic acids is 1. The van der Waals surface area contributed by atoms with E-state index in [0.717, 1.165) is 19.5 Å². The highest BCUT2D eigenvalue weighted by Crippen LogP contribution is 2.11. The number of nitrogens with one attached hydrogen (secondary N) is 2. The van der Waals surface area contributed by atoms with Crippen molar-refractivity contribution in [3.8, 4) is 0 Å². The quantitative estimate of drug-likeness (QED) is 0.479. The fourth-order valence-electron chi connectivity index (χ4n) is 1.87. The zero-order valence-corrected chi connectivity index (χ0v) is 8.03. The van der Waals surface area contributed by atoms with Gasteiger partial charge in [0, 0.05) is 19.5 Å². The number of ether oxygens (including phenoxy) is 1. The smallest absolute Gasteiger partial charge is 0.323 e. The summed E-state index contributed by atoms with van der Waals surface area (Å²) in [5.74, 6) is -0.227. The summed E-state index contributed by atoms with van der Waals surface area (Å²) in [5.41, 5.74) is 0. The van der Waals surface area contributed by atoms with Gasteiger partial charge in [-0.05, 0) is 13.0 Å². The van der Waals surface area contributed by atoms with E-state index in [2.05, 4.69) is 10.6 Å². The van der Waals surface area contributed by atoms with Crippen LogP contribution in [0.25, 0.3) is 0 Å². The highest BCUT2D eigenvalue weighted by Gasteiger charge is 2.31. The molecule has 2 rings (SSSR count). The molecule has 3 N–H and O–H groups in total. The number of esters is 1. The normalized spacial score (nSPS) is 37.4. The SMILES string of the molecule is O=C(O[C@@H]1CCNC1)[C@@H]1CC(O)CN1. The number of rotatable bonds is 2. The Morgan fingerprint density at radius 3 is 2.86 bits per heavy atom. The van der Waals surface area contributed by atoms with E-state index < -0.39 is 6.10 Å². The van der Waals surface area contributed by atoms with Gasteiger partial charge < -0.3 is 20.5 Å². The molecular weight excluding hydrogens is 184 g/mol. The van der Waals surface area contributed by atoms with Gasteiger partial charge in [0.2, 0.25) is 0 Å². The minimum absolute atomic E-state index is 0.0158. The molecule has 3 atom stereocenters. The van der Waals surface area contributed by atoms with E-state index in [0.29, 0.717) is 13.0 Å². The Bertz CT molecular complexity index is 216. The van der Waals surface area contributed by atoms with Crippen molar-refractivity contribution in [2.75, 3.05) is 19.6 Å². The standard InChI is InChI=1S/C9H16N2O3/c12-6-3-8(11-4-6)9(13)14-7-1-2-10-5-7/h6-8,10-12H,1-5H2/t6?,7-,8+/m1/s1. The fraction of sp³-hybridized carbons (Fsp3) is 0.889. The lowest BCUT2D eigenvalue weighted by Gasteiger charge is -2.14. The van der Waals surface area contributed by atoms with Gasteiger partial charge in [0.1, 0.15) is 12.1 Å². The molecule has 2 saturated heterocycles. The van der Waals surface area contributed by atoms with E-state index in [1.54, 1.807) is 0 Å². The summed E-state index contributed by atoms with van der Waals surface area (Å²) in [4.78, 5) is 11.5. The maximum atomic E-state index is 11.5. The van der Waals surface area contributed by atoms with Crippen molar-refractivity contribution in [2.24, 2.45) is 0 Å². The molecule has 2 aliphatic rings. The van der Waals surface area contributed by atoms with Crippen LogP contribution in [-0.4, -0.2) is 49.0 Å². The Morgan fingerprint density at radius 2 is 2.29 bits per heavy atom. The van der Waals surface area contributed by atoms with E-state index in [4.69, 9.17) is 4.74 Å². The Labute approximate surface area is 82.8 Å². The Kier molecular flexibility index (Phi) is 3.00. The molecule has 0 aromatic heterocycles. The molecule has 2 aliphatic heterocycles. The van der Waals surface area contributed by atoms with E-state index in [1.807, 2.05) is 0 Å². The largest absolute Gasteiger partial charge is 0.460 e. The van der Waals surface area contributed by atoms with Crippen LogP contribution in [-0.2, 0) is 9.53 Å². The zero-order chi connectivity index (χ0) is 9.97. The second-order valence-corrected chi connectivity index (χ2v) is 3.90. The third kappa shape index (κ3) is 2.23. The maximum absolute atomic E-state index is 11.5. The minimum atomic E-state index is -0.408. The average Bonchev–Trinajstić information content (AvgIpc) is 2.75. The van der Waals surface area contributed by atoms with Crippen molar-refractivity contribution >= 4 is 5.97 Å². The molecule has 0 aromatic carbocycles. The Balaban J connectivity index is 1.77. The van der Waals surface area contributed by atoms with Gasteiger partial charge in [-0.25, -0.2) is 0 Å². The highest BCUT2D eigenvalue weighted by molar-refractivity contribution is 5.76. The molecule has 0 aromatic rings. The third-order valence-electron chi connectivity index (χ3n) is 2.69. The van der Waals surface area contributed by atoms with Gasteiger partial charge in [0.15, 0.2) is 0 Å². The average molecular weight is 200 g/mol. The van der Waals surface area contributed by atoms with Crippen LogP contribution >= 0.6 is 0 Å². The van der Waals surface area contributed by atoms with E-state index >= 15 is 0 Å². The summed E-state index contributed by atoms with van der Waals surface area (Å²) in [6, 6.07) is -0.314. The molecule has 1 unspecified atom stereocenters. The molecule has 0 radical (unpaired) electrons. The Hall–Kier alpha value is -0.650. The van der Waals surface area contributed by atoms with E-state index in [-0.39, 0.29) is 18.1 Å². The summed E-state index contributed by atoms with van der Waals surface area (Å²) >= 11 is 0. The monoisotopic (exact) mass is 200 g/mol. The first kappa shape index (κ1) is 9.89. The van der Waals surface area contributed by atoms with Crippen molar-refractivity contribution < 1.29 is 14.6 Å². The molecular formula is C9H16N2O3. The van der Waals surface area contributed by atoms with Gasteiger partial charge in [-0.2, -0.15) is 0 Å². The Morgan fingerprint density at radius 1 is 1.43 bits per heavy atom. The van der Waals surface area contributed by atoms with Crippen LogP contribution < -0.4 is 10.6 Å². The molecule has 5 nitrogen and oxygen atoms in total.